The van der Waals surface area contributed by atoms with Crippen LogP contribution in [-0.4, -0.2) is 27.3 Å². The fourth-order valence-corrected chi connectivity index (χ4v) is 3.16. The molecule has 134 valence electrons. The molecule has 6 nitrogen and oxygen atoms in total. The zero-order chi connectivity index (χ0) is 18.8. The minimum atomic E-state index is -1.12. The van der Waals surface area contributed by atoms with Crippen molar-refractivity contribution >= 4 is 28.6 Å². The summed E-state index contributed by atoms with van der Waals surface area (Å²) >= 11 is 6.25. The van der Waals surface area contributed by atoms with Gasteiger partial charge in [-0.25, -0.2) is 9.78 Å². The molecule has 0 unspecified atom stereocenters. The number of hydrogen-bond acceptors (Lipinski definition) is 3. The Bertz CT molecular complexity index is 1060. The Kier molecular flexibility index (Phi) is 4.95. The highest BCUT2D eigenvalue weighted by Crippen LogP contribution is 2.22. The summed E-state index contributed by atoms with van der Waals surface area (Å²) in [4.78, 5) is 28.6. The summed E-state index contributed by atoms with van der Waals surface area (Å²) in [6, 6.07) is 10.8. The number of halogens is 1. The Balaban J connectivity index is 2.28. The van der Waals surface area contributed by atoms with E-state index in [1.54, 1.807) is 18.2 Å². The average molecular weight is 372 g/mol. The third-order valence-electron chi connectivity index (χ3n) is 4.36. The number of carbonyl (C=O) groups is 1. The molecule has 3 aromatic rings. The maximum absolute atomic E-state index is 13.2. The molecule has 0 aliphatic rings. The maximum atomic E-state index is 13.2. The van der Waals surface area contributed by atoms with Gasteiger partial charge in [0.25, 0.3) is 5.56 Å². The summed E-state index contributed by atoms with van der Waals surface area (Å²) in [5.41, 5.74) is 2.95. The highest BCUT2D eigenvalue weighted by molar-refractivity contribution is 6.35. The molecule has 1 amide bonds. The predicted molar refractivity (Wildman–Crippen MR) is 102 cm³/mol. The van der Waals surface area contributed by atoms with Crippen LogP contribution in [0.1, 0.15) is 17.0 Å². The van der Waals surface area contributed by atoms with Gasteiger partial charge < -0.3 is 10.4 Å². The molecule has 7 heteroatoms. The quantitative estimate of drug-likeness (QED) is 0.735. The monoisotopic (exact) mass is 371 g/mol. The van der Waals surface area contributed by atoms with Gasteiger partial charge in [-0.05, 0) is 43.2 Å². The molecular weight excluding hydrogens is 354 g/mol. The summed E-state index contributed by atoms with van der Waals surface area (Å²) in [5, 5.41) is 11.8. The molecule has 0 saturated heterocycles. The highest BCUT2D eigenvalue weighted by atomic mass is 35.5. The van der Waals surface area contributed by atoms with Gasteiger partial charge in [0.2, 0.25) is 0 Å². The molecule has 0 aliphatic carbocycles. The lowest BCUT2D eigenvalue weighted by atomic mass is 10.1. The molecule has 0 fully saturated rings. The second kappa shape index (κ2) is 7.17. The van der Waals surface area contributed by atoms with E-state index in [1.807, 2.05) is 32.0 Å². The van der Waals surface area contributed by atoms with Crippen LogP contribution in [0.15, 0.2) is 41.2 Å². The summed E-state index contributed by atoms with van der Waals surface area (Å²) in [5.74, 6) is 0.479. The molecule has 2 N–H and O–H groups in total. The molecule has 0 bridgehead atoms. The number of nitrogens with zero attached hydrogens (tertiary/aromatic N) is 2. The molecule has 2 aromatic carbocycles. The lowest BCUT2D eigenvalue weighted by Gasteiger charge is -2.17. The van der Waals surface area contributed by atoms with E-state index < -0.39 is 6.09 Å². The van der Waals surface area contributed by atoms with Gasteiger partial charge in [0.15, 0.2) is 0 Å². The van der Waals surface area contributed by atoms with E-state index in [-0.39, 0.29) is 18.5 Å². The minimum absolute atomic E-state index is 0.151. The van der Waals surface area contributed by atoms with E-state index in [0.717, 1.165) is 16.8 Å². The van der Waals surface area contributed by atoms with Crippen LogP contribution >= 0.6 is 11.6 Å². The van der Waals surface area contributed by atoms with Crippen LogP contribution in [0.5, 0.6) is 0 Å². The third kappa shape index (κ3) is 3.28. The Morgan fingerprint density at radius 2 is 1.96 bits per heavy atom. The van der Waals surface area contributed by atoms with Crippen molar-refractivity contribution in [2.24, 2.45) is 0 Å². The van der Waals surface area contributed by atoms with Crippen LogP contribution in [0.3, 0.4) is 0 Å². The molecule has 0 aliphatic heterocycles. The molecule has 1 heterocycles. The van der Waals surface area contributed by atoms with Crippen LogP contribution < -0.4 is 10.9 Å². The number of benzene rings is 2. The largest absolute Gasteiger partial charge is 0.465 e. The zero-order valence-corrected chi connectivity index (χ0v) is 15.2. The Labute approximate surface area is 155 Å². The van der Waals surface area contributed by atoms with Crippen molar-refractivity contribution < 1.29 is 9.90 Å². The number of aryl methyl sites for hydroxylation is 1. The molecule has 0 atom stereocenters. The van der Waals surface area contributed by atoms with E-state index in [4.69, 9.17) is 16.7 Å². The van der Waals surface area contributed by atoms with Gasteiger partial charge in [-0.15, -0.1) is 0 Å². The van der Waals surface area contributed by atoms with Gasteiger partial charge in [-0.2, -0.15) is 0 Å². The lowest BCUT2D eigenvalue weighted by molar-refractivity contribution is 0.194. The van der Waals surface area contributed by atoms with Gasteiger partial charge in [0.05, 0.1) is 21.6 Å². The first-order valence-corrected chi connectivity index (χ1v) is 8.51. The summed E-state index contributed by atoms with van der Waals surface area (Å²) in [7, 11) is 0. The zero-order valence-electron chi connectivity index (χ0n) is 14.4. The number of hydrogen-bond donors (Lipinski definition) is 2. The van der Waals surface area contributed by atoms with Crippen molar-refractivity contribution in [3.8, 4) is 5.69 Å². The van der Waals surface area contributed by atoms with Gasteiger partial charge in [-0.3, -0.25) is 9.36 Å². The highest BCUT2D eigenvalue weighted by Gasteiger charge is 2.16. The maximum Gasteiger partial charge on any atom is 0.404 e. The number of aromatic nitrogens is 2. The Morgan fingerprint density at radius 3 is 2.69 bits per heavy atom. The first-order chi connectivity index (χ1) is 12.4. The van der Waals surface area contributed by atoms with Gasteiger partial charge in [-0.1, -0.05) is 29.8 Å². The van der Waals surface area contributed by atoms with Crippen LogP contribution in [0.2, 0.25) is 5.02 Å². The van der Waals surface area contributed by atoms with Crippen LogP contribution in [-0.2, 0) is 6.42 Å². The van der Waals surface area contributed by atoms with Gasteiger partial charge >= 0.3 is 6.09 Å². The second-order valence-electron chi connectivity index (χ2n) is 6.00. The normalized spacial score (nSPS) is 10.9. The number of rotatable bonds is 4. The van der Waals surface area contributed by atoms with Crippen LogP contribution in [0, 0.1) is 13.8 Å². The Hall–Kier alpha value is -2.86. The molecule has 0 spiro atoms. The first kappa shape index (κ1) is 17.9. The first-order valence-electron chi connectivity index (χ1n) is 8.13. The third-order valence-corrected chi connectivity index (χ3v) is 4.67. The summed E-state index contributed by atoms with van der Waals surface area (Å²) < 4.78 is 1.53. The molecule has 1 aromatic heterocycles. The van der Waals surface area contributed by atoms with E-state index in [2.05, 4.69) is 10.3 Å². The van der Waals surface area contributed by atoms with Crippen molar-refractivity contribution in [3.63, 3.8) is 0 Å². The average Bonchev–Trinajstić information content (AvgIpc) is 2.58. The van der Waals surface area contributed by atoms with E-state index in [9.17, 15) is 9.59 Å². The van der Waals surface area contributed by atoms with Crippen molar-refractivity contribution in [2.45, 2.75) is 20.3 Å². The number of nitrogens with one attached hydrogen (secondary N) is 1. The SMILES string of the molecule is Cc1cccc(-n2c(CCNC(=O)O)nc3cccc(Cl)c3c2=O)c1C. The molecule has 0 radical (unpaired) electrons. The molecule has 0 saturated carbocycles. The lowest BCUT2D eigenvalue weighted by Crippen LogP contribution is -2.29. The molecule has 26 heavy (non-hydrogen) atoms. The summed E-state index contributed by atoms with van der Waals surface area (Å²) in [6.07, 6.45) is -0.841. The van der Waals surface area contributed by atoms with Crippen molar-refractivity contribution in [2.75, 3.05) is 6.54 Å². The second-order valence-corrected chi connectivity index (χ2v) is 6.41. The van der Waals surface area contributed by atoms with Crippen molar-refractivity contribution in [1.82, 2.24) is 14.9 Å². The smallest absolute Gasteiger partial charge is 0.404 e. The van der Waals surface area contributed by atoms with E-state index in [1.165, 1.54) is 4.57 Å². The van der Waals surface area contributed by atoms with Crippen LogP contribution in [0.25, 0.3) is 16.6 Å². The van der Waals surface area contributed by atoms with Gasteiger partial charge in [0.1, 0.15) is 5.82 Å². The fraction of sp³-hybridized carbons (Fsp3) is 0.211. The topological polar surface area (TPSA) is 84.2 Å². The van der Waals surface area contributed by atoms with E-state index in [0.29, 0.717) is 21.7 Å². The molecular formula is C19H18ClN3O3. The van der Waals surface area contributed by atoms with Crippen molar-refractivity contribution in [3.05, 3.63) is 68.7 Å². The molecule has 3 rings (SSSR count). The minimum Gasteiger partial charge on any atom is -0.465 e. The predicted octanol–water partition coefficient (Wildman–Crippen LogP) is 3.47. The van der Waals surface area contributed by atoms with E-state index >= 15 is 0 Å². The Morgan fingerprint density at radius 1 is 1.23 bits per heavy atom. The van der Waals surface area contributed by atoms with Crippen LogP contribution in [0.4, 0.5) is 4.79 Å². The summed E-state index contributed by atoms with van der Waals surface area (Å²) in [6.45, 7) is 4.06. The number of amides is 1. The fourth-order valence-electron chi connectivity index (χ4n) is 2.91. The van der Waals surface area contributed by atoms with Crippen molar-refractivity contribution in [1.29, 1.82) is 0 Å². The number of carboxylic acid groups (broad SMARTS) is 1. The van der Waals surface area contributed by atoms with Gasteiger partial charge in [0, 0.05) is 13.0 Å². The number of fused-ring (bicyclic) bond motifs is 1. The standard InChI is InChI=1S/C19H18ClN3O3/c1-11-5-3-8-15(12(11)2)23-16(9-10-21-19(25)26)22-14-7-4-6-13(20)17(14)18(23)24/h3-8,21H,9-10H2,1-2H3,(H,25,26).